The molecule has 7 nitrogen and oxygen atoms in total. The monoisotopic (exact) mass is 382 g/mol. The van der Waals surface area contributed by atoms with Gasteiger partial charge in [-0.1, -0.05) is 5.16 Å². The SMILES string of the molecule is CCOc1ccc(OCCOC(=O)c2cc(C3CC3)nc3onc(C)c23)cc1. The summed E-state index contributed by atoms with van der Waals surface area (Å²) in [6.45, 7) is 4.73. The van der Waals surface area contributed by atoms with Gasteiger partial charge in [0.1, 0.15) is 24.7 Å². The summed E-state index contributed by atoms with van der Waals surface area (Å²) in [5.74, 6) is 1.45. The van der Waals surface area contributed by atoms with Crippen molar-refractivity contribution in [3.8, 4) is 11.5 Å². The van der Waals surface area contributed by atoms with Gasteiger partial charge in [0.25, 0.3) is 5.71 Å². The molecule has 0 aliphatic heterocycles. The van der Waals surface area contributed by atoms with Gasteiger partial charge >= 0.3 is 5.97 Å². The summed E-state index contributed by atoms with van der Waals surface area (Å²) in [4.78, 5) is 17.1. The third kappa shape index (κ3) is 3.93. The van der Waals surface area contributed by atoms with Crippen LogP contribution in [0.2, 0.25) is 0 Å². The molecule has 0 saturated heterocycles. The van der Waals surface area contributed by atoms with Crippen LogP contribution in [0.4, 0.5) is 0 Å². The third-order valence-corrected chi connectivity index (χ3v) is 4.57. The second kappa shape index (κ2) is 7.88. The maximum atomic E-state index is 12.6. The zero-order valence-corrected chi connectivity index (χ0v) is 15.9. The molecule has 0 N–H and O–H groups in total. The van der Waals surface area contributed by atoms with Gasteiger partial charge in [-0.05, 0) is 57.0 Å². The zero-order valence-electron chi connectivity index (χ0n) is 15.9. The van der Waals surface area contributed by atoms with Crippen molar-refractivity contribution >= 4 is 17.1 Å². The molecule has 1 aliphatic rings. The molecule has 1 fully saturated rings. The lowest BCUT2D eigenvalue weighted by Gasteiger charge is -2.09. The Balaban J connectivity index is 1.38. The second-order valence-electron chi connectivity index (χ2n) is 6.71. The Bertz CT molecular complexity index is 976. The van der Waals surface area contributed by atoms with Crippen molar-refractivity contribution < 1.29 is 23.5 Å². The van der Waals surface area contributed by atoms with Crippen molar-refractivity contribution in [1.29, 1.82) is 0 Å². The van der Waals surface area contributed by atoms with Gasteiger partial charge in [-0.25, -0.2) is 9.78 Å². The molecule has 28 heavy (non-hydrogen) atoms. The van der Waals surface area contributed by atoms with Crippen molar-refractivity contribution in [2.24, 2.45) is 0 Å². The van der Waals surface area contributed by atoms with Gasteiger partial charge in [-0.3, -0.25) is 0 Å². The number of carbonyl (C=O) groups excluding carboxylic acids is 1. The van der Waals surface area contributed by atoms with Gasteiger partial charge in [0, 0.05) is 11.6 Å². The standard InChI is InChI=1S/C21H22N2O5/c1-3-25-15-6-8-16(9-7-15)26-10-11-27-21(24)17-12-18(14-4-5-14)22-20-19(17)13(2)23-28-20/h6-9,12,14H,3-5,10-11H2,1-2H3. The number of hydrogen-bond donors (Lipinski definition) is 0. The maximum Gasteiger partial charge on any atom is 0.339 e. The van der Waals surface area contributed by atoms with Crippen molar-refractivity contribution in [2.75, 3.05) is 19.8 Å². The van der Waals surface area contributed by atoms with Crippen LogP contribution in [-0.4, -0.2) is 35.9 Å². The maximum absolute atomic E-state index is 12.6. The molecule has 2 heterocycles. The van der Waals surface area contributed by atoms with E-state index in [0.29, 0.717) is 40.6 Å². The third-order valence-electron chi connectivity index (χ3n) is 4.57. The van der Waals surface area contributed by atoms with Crippen LogP contribution in [0.5, 0.6) is 11.5 Å². The predicted molar refractivity (Wildman–Crippen MR) is 102 cm³/mol. The van der Waals surface area contributed by atoms with E-state index in [-0.39, 0.29) is 13.2 Å². The number of benzene rings is 1. The summed E-state index contributed by atoms with van der Waals surface area (Å²) in [5, 5.41) is 4.55. The van der Waals surface area contributed by atoms with Gasteiger partial charge in [0.2, 0.25) is 0 Å². The Hall–Kier alpha value is -3.09. The lowest BCUT2D eigenvalue weighted by molar-refractivity contribution is 0.0452. The first-order valence-corrected chi connectivity index (χ1v) is 9.45. The molecule has 0 radical (unpaired) electrons. The van der Waals surface area contributed by atoms with E-state index in [2.05, 4.69) is 10.1 Å². The number of pyridine rings is 1. The molecular formula is C21H22N2O5. The Morgan fingerprint density at radius 2 is 1.86 bits per heavy atom. The normalized spacial score (nSPS) is 13.5. The Morgan fingerprint density at radius 1 is 1.14 bits per heavy atom. The van der Waals surface area contributed by atoms with Crippen molar-refractivity contribution in [1.82, 2.24) is 10.1 Å². The highest BCUT2D eigenvalue weighted by Gasteiger charge is 2.29. The predicted octanol–water partition coefficient (Wildman–Crippen LogP) is 4.04. The first kappa shape index (κ1) is 18.3. The minimum atomic E-state index is -0.420. The van der Waals surface area contributed by atoms with Crippen LogP contribution in [0.3, 0.4) is 0 Å². The van der Waals surface area contributed by atoms with Crippen molar-refractivity contribution in [2.45, 2.75) is 32.6 Å². The van der Waals surface area contributed by atoms with Crippen LogP contribution in [0.1, 0.15) is 47.4 Å². The summed E-state index contributed by atoms with van der Waals surface area (Å²) >= 11 is 0. The van der Waals surface area contributed by atoms with E-state index < -0.39 is 5.97 Å². The highest BCUT2D eigenvalue weighted by atomic mass is 16.6. The molecule has 0 amide bonds. The molecule has 0 atom stereocenters. The molecule has 2 aromatic heterocycles. The number of rotatable bonds is 8. The van der Waals surface area contributed by atoms with E-state index in [0.717, 1.165) is 24.3 Å². The van der Waals surface area contributed by atoms with E-state index in [1.807, 2.05) is 31.2 Å². The first-order valence-electron chi connectivity index (χ1n) is 9.45. The molecule has 1 aromatic carbocycles. The summed E-state index contributed by atoms with van der Waals surface area (Å²) in [7, 11) is 0. The average Bonchev–Trinajstić information content (AvgIpc) is 3.49. The molecule has 146 valence electrons. The topological polar surface area (TPSA) is 83.7 Å². The van der Waals surface area contributed by atoms with Crippen LogP contribution >= 0.6 is 0 Å². The number of fused-ring (bicyclic) bond motifs is 1. The zero-order chi connectivity index (χ0) is 19.5. The molecular weight excluding hydrogens is 360 g/mol. The number of ether oxygens (including phenoxy) is 3. The molecule has 4 rings (SSSR count). The molecule has 1 saturated carbocycles. The van der Waals surface area contributed by atoms with E-state index in [4.69, 9.17) is 18.7 Å². The van der Waals surface area contributed by atoms with E-state index in [9.17, 15) is 4.79 Å². The largest absolute Gasteiger partial charge is 0.494 e. The summed E-state index contributed by atoms with van der Waals surface area (Å²) in [5.41, 5.74) is 2.33. The molecule has 0 spiro atoms. The fourth-order valence-corrected chi connectivity index (χ4v) is 3.03. The van der Waals surface area contributed by atoms with Crippen molar-refractivity contribution in [3.63, 3.8) is 0 Å². The van der Waals surface area contributed by atoms with Gasteiger partial charge in [0.15, 0.2) is 0 Å². The van der Waals surface area contributed by atoms with Gasteiger partial charge in [-0.15, -0.1) is 0 Å². The fourth-order valence-electron chi connectivity index (χ4n) is 3.03. The number of aromatic nitrogens is 2. The average molecular weight is 382 g/mol. The molecule has 0 bridgehead atoms. The lowest BCUT2D eigenvalue weighted by atomic mass is 10.1. The highest BCUT2D eigenvalue weighted by Crippen LogP contribution is 2.40. The number of carbonyl (C=O) groups is 1. The van der Waals surface area contributed by atoms with Crippen LogP contribution < -0.4 is 9.47 Å². The molecule has 3 aromatic rings. The number of hydrogen-bond acceptors (Lipinski definition) is 7. The minimum Gasteiger partial charge on any atom is -0.494 e. The quantitative estimate of drug-likeness (QED) is 0.429. The molecule has 0 unspecified atom stereocenters. The van der Waals surface area contributed by atoms with E-state index in [1.165, 1.54) is 0 Å². The Labute approximate surface area is 162 Å². The number of esters is 1. The lowest BCUT2D eigenvalue weighted by Crippen LogP contribution is -2.13. The highest BCUT2D eigenvalue weighted by molar-refractivity contribution is 6.03. The van der Waals surface area contributed by atoms with E-state index in [1.54, 1.807) is 13.0 Å². The summed E-state index contributed by atoms with van der Waals surface area (Å²) in [6.07, 6.45) is 2.16. The van der Waals surface area contributed by atoms with E-state index >= 15 is 0 Å². The minimum absolute atomic E-state index is 0.138. The molecule has 1 aliphatic carbocycles. The summed E-state index contributed by atoms with van der Waals surface area (Å²) in [6, 6.07) is 9.13. The van der Waals surface area contributed by atoms with Gasteiger partial charge < -0.3 is 18.7 Å². The van der Waals surface area contributed by atoms with Crippen LogP contribution in [-0.2, 0) is 4.74 Å². The van der Waals surface area contributed by atoms with Gasteiger partial charge in [0.05, 0.1) is 23.3 Å². The second-order valence-corrected chi connectivity index (χ2v) is 6.71. The first-order chi connectivity index (χ1) is 13.7. The number of nitrogens with zero attached hydrogens (tertiary/aromatic N) is 2. The summed E-state index contributed by atoms with van der Waals surface area (Å²) < 4.78 is 21.7. The van der Waals surface area contributed by atoms with Crippen molar-refractivity contribution in [3.05, 3.63) is 47.3 Å². The fraction of sp³-hybridized carbons (Fsp3) is 0.381. The van der Waals surface area contributed by atoms with Gasteiger partial charge in [-0.2, -0.15) is 0 Å². The van der Waals surface area contributed by atoms with Crippen LogP contribution in [0, 0.1) is 6.92 Å². The number of aryl methyl sites for hydroxylation is 1. The van der Waals surface area contributed by atoms with Crippen LogP contribution in [0.25, 0.3) is 11.1 Å². The Morgan fingerprint density at radius 3 is 2.54 bits per heavy atom. The van der Waals surface area contributed by atoms with Crippen LogP contribution in [0.15, 0.2) is 34.9 Å². The smallest absolute Gasteiger partial charge is 0.339 e. The molecule has 7 heteroatoms. The Kier molecular flexibility index (Phi) is 5.14.